The molecule has 0 unspecified atom stereocenters. The number of urea groups is 1. The lowest BCUT2D eigenvalue weighted by atomic mass is 9.90. The predicted octanol–water partition coefficient (Wildman–Crippen LogP) is 4.40. The van der Waals surface area contributed by atoms with Crippen molar-refractivity contribution < 1.29 is 9.59 Å². The standard InChI is InChI=1S/C20H26N4O2S/c1-12-17(14-8-9-21-16(11-14)20(3,4)5)27-18(22-12)23-19(26)24-10-6-7-15(24)13(2)25/h8-9,11,15H,6-7,10H2,1-5H3,(H,22,23,26)/t15-/m0/s1/i25+2. The lowest BCUT2D eigenvalue weighted by molar-refractivity contribution is -0.120. The van der Waals surface area contributed by atoms with Crippen LogP contribution in [0.5, 0.6) is 0 Å². The van der Waals surface area contributed by atoms with Crippen molar-refractivity contribution in [2.45, 2.75) is 58.9 Å². The second-order valence-electron chi connectivity index (χ2n) is 8.01. The maximum Gasteiger partial charge on any atom is 0.324 e. The van der Waals surface area contributed by atoms with Gasteiger partial charge in [-0.25, -0.2) is 9.78 Å². The van der Waals surface area contributed by atoms with E-state index in [0.29, 0.717) is 11.7 Å². The number of hydrogen-bond acceptors (Lipinski definition) is 5. The third-order valence-corrected chi connectivity index (χ3v) is 5.91. The zero-order valence-corrected chi connectivity index (χ0v) is 17.3. The number of aromatic nitrogens is 2. The number of carbonyl (C=O) groups is 2. The Bertz CT molecular complexity index is 869. The van der Waals surface area contributed by atoms with E-state index in [2.05, 4.69) is 42.1 Å². The quantitative estimate of drug-likeness (QED) is 0.791. The SMILES string of the molecule is CC(=[18O])[C@@H]1CCCN1C(=O)Nc1nc(C)c(-c2ccnc(C(C)(C)C)c2)s1. The molecule has 3 heterocycles. The Morgan fingerprint density at radius 3 is 2.81 bits per heavy atom. The van der Waals surface area contributed by atoms with Gasteiger partial charge < -0.3 is 4.90 Å². The van der Waals surface area contributed by atoms with Crippen molar-refractivity contribution in [2.24, 2.45) is 0 Å². The van der Waals surface area contributed by atoms with Gasteiger partial charge in [-0.3, -0.25) is 15.1 Å². The van der Waals surface area contributed by atoms with Crippen LogP contribution >= 0.6 is 11.3 Å². The summed E-state index contributed by atoms with van der Waals surface area (Å²) in [5, 5.41) is 3.42. The summed E-state index contributed by atoms with van der Waals surface area (Å²) in [5.74, 6) is 0.0325. The minimum atomic E-state index is -0.319. The molecule has 27 heavy (non-hydrogen) atoms. The van der Waals surface area contributed by atoms with Gasteiger partial charge in [0.15, 0.2) is 10.9 Å². The molecule has 144 valence electrons. The van der Waals surface area contributed by atoms with E-state index < -0.39 is 0 Å². The third kappa shape index (κ3) is 4.18. The van der Waals surface area contributed by atoms with Gasteiger partial charge in [0.05, 0.1) is 16.6 Å². The molecular weight excluding hydrogens is 362 g/mol. The van der Waals surface area contributed by atoms with Crippen LogP contribution in [0.2, 0.25) is 0 Å². The van der Waals surface area contributed by atoms with E-state index in [1.165, 1.54) is 18.3 Å². The van der Waals surface area contributed by atoms with Crippen molar-refractivity contribution in [2.75, 3.05) is 11.9 Å². The number of pyridine rings is 1. The second-order valence-corrected chi connectivity index (χ2v) is 9.00. The summed E-state index contributed by atoms with van der Waals surface area (Å²) < 4.78 is 0. The molecule has 1 aliphatic rings. The number of anilines is 1. The number of Topliss-reactive ketones (excluding diaryl/α,β-unsaturated/α-hetero) is 1. The Labute approximate surface area is 164 Å². The van der Waals surface area contributed by atoms with Gasteiger partial charge in [0, 0.05) is 23.9 Å². The van der Waals surface area contributed by atoms with Crippen molar-refractivity contribution in [3.8, 4) is 10.4 Å². The van der Waals surface area contributed by atoms with Crippen molar-refractivity contribution in [3.63, 3.8) is 0 Å². The molecule has 2 amide bonds. The van der Waals surface area contributed by atoms with Crippen LogP contribution in [0.4, 0.5) is 9.93 Å². The Kier molecular flexibility index (Phi) is 5.33. The van der Waals surface area contributed by atoms with Crippen LogP contribution in [0.15, 0.2) is 18.3 Å². The van der Waals surface area contributed by atoms with E-state index in [-0.39, 0.29) is 23.3 Å². The first kappa shape index (κ1) is 19.5. The number of carbonyl (C=O) groups excluding carboxylic acids is 2. The van der Waals surface area contributed by atoms with E-state index in [4.69, 9.17) is 0 Å². The zero-order chi connectivity index (χ0) is 19.8. The number of likely N-dealkylation sites (tertiary alicyclic amines) is 1. The molecule has 3 rings (SSSR count). The minimum Gasteiger partial charge on any atom is -0.314 e. The molecule has 1 saturated heterocycles. The first-order chi connectivity index (χ1) is 12.7. The molecule has 1 aliphatic heterocycles. The van der Waals surface area contributed by atoms with Crippen molar-refractivity contribution in [1.82, 2.24) is 14.9 Å². The van der Waals surface area contributed by atoms with E-state index in [9.17, 15) is 9.59 Å². The van der Waals surface area contributed by atoms with Crippen molar-refractivity contribution >= 4 is 28.3 Å². The molecule has 1 fully saturated rings. The summed E-state index contributed by atoms with van der Waals surface area (Å²) in [6.45, 7) is 10.5. The number of nitrogens with zero attached hydrogens (tertiary/aromatic N) is 3. The first-order valence-corrected chi connectivity index (χ1v) is 10.0. The average molecular weight is 389 g/mol. The molecule has 2 aromatic rings. The molecule has 7 heteroatoms. The maximum absolute atomic E-state index is 12.6. The monoisotopic (exact) mass is 388 g/mol. The van der Waals surface area contributed by atoms with Gasteiger partial charge in [-0.2, -0.15) is 0 Å². The molecule has 6 nitrogen and oxygen atoms in total. The van der Waals surface area contributed by atoms with Gasteiger partial charge in [0.1, 0.15) is 0 Å². The fourth-order valence-corrected chi connectivity index (χ4v) is 4.25. The highest BCUT2D eigenvalue weighted by molar-refractivity contribution is 7.19. The second kappa shape index (κ2) is 7.38. The van der Waals surface area contributed by atoms with Crippen LogP contribution in [-0.4, -0.2) is 39.3 Å². The molecule has 0 radical (unpaired) electrons. The van der Waals surface area contributed by atoms with Crippen LogP contribution in [0.1, 0.15) is 51.9 Å². The van der Waals surface area contributed by atoms with Gasteiger partial charge >= 0.3 is 6.03 Å². The van der Waals surface area contributed by atoms with Crippen molar-refractivity contribution in [1.29, 1.82) is 0 Å². The number of ketones is 1. The summed E-state index contributed by atoms with van der Waals surface area (Å²) in [5.41, 5.74) is 2.89. The van der Waals surface area contributed by atoms with Gasteiger partial charge in [-0.15, -0.1) is 0 Å². The average Bonchev–Trinajstić information content (AvgIpc) is 3.21. The van der Waals surface area contributed by atoms with E-state index in [1.807, 2.05) is 19.2 Å². The highest BCUT2D eigenvalue weighted by atomic mass is 32.1. The van der Waals surface area contributed by atoms with E-state index in [1.54, 1.807) is 4.90 Å². The Balaban J connectivity index is 1.81. The van der Waals surface area contributed by atoms with E-state index >= 15 is 0 Å². The largest absolute Gasteiger partial charge is 0.324 e. The predicted molar refractivity (Wildman–Crippen MR) is 108 cm³/mol. The number of nitrogens with one attached hydrogen (secondary N) is 1. The van der Waals surface area contributed by atoms with Crippen molar-refractivity contribution in [3.05, 3.63) is 29.7 Å². The minimum absolute atomic E-state index is 0.0325. The Morgan fingerprint density at radius 2 is 2.15 bits per heavy atom. The summed E-state index contributed by atoms with van der Waals surface area (Å²) in [6, 6.07) is 3.48. The fraction of sp³-hybridized carbons (Fsp3) is 0.500. The lowest BCUT2D eigenvalue weighted by Crippen LogP contribution is -2.42. The molecule has 1 atom stereocenters. The van der Waals surface area contributed by atoms with Crippen LogP contribution in [0, 0.1) is 6.92 Å². The number of rotatable bonds is 3. The number of hydrogen-bond donors (Lipinski definition) is 1. The van der Waals surface area contributed by atoms with Crippen LogP contribution < -0.4 is 5.32 Å². The highest BCUT2D eigenvalue weighted by Gasteiger charge is 2.32. The molecule has 2 aromatic heterocycles. The van der Waals surface area contributed by atoms with E-state index in [0.717, 1.165) is 34.7 Å². The number of amides is 2. The van der Waals surface area contributed by atoms with Gasteiger partial charge in [0.2, 0.25) is 0 Å². The lowest BCUT2D eigenvalue weighted by Gasteiger charge is -2.22. The summed E-state index contributed by atoms with van der Waals surface area (Å²) in [7, 11) is 0. The smallest absolute Gasteiger partial charge is 0.314 e. The Morgan fingerprint density at radius 1 is 1.41 bits per heavy atom. The molecule has 1 N–H and O–H groups in total. The third-order valence-electron chi connectivity index (χ3n) is 4.78. The number of aryl methyl sites for hydroxylation is 1. The maximum atomic E-state index is 12.6. The highest BCUT2D eigenvalue weighted by Crippen LogP contribution is 2.34. The van der Waals surface area contributed by atoms with Gasteiger partial charge in [-0.05, 0) is 44.4 Å². The molecule has 0 bridgehead atoms. The first-order valence-electron chi connectivity index (χ1n) is 9.19. The van der Waals surface area contributed by atoms with Gasteiger partial charge in [0.25, 0.3) is 0 Å². The molecule has 0 aliphatic carbocycles. The Hall–Kier alpha value is -2.28. The van der Waals surface area contributed by atoms with Crippen LogP contribution in [0.25, 0.3) is 10.4 Å². The number of thiazole rings is 1. The fourth-order valence-electron chi connectivity index (χ4n) is 3.30. The van der Waals surface area contributed by atoms with Gasteiger partial charge in [-0.1, -0.05) is 32.1 Å². The molecule has 0 spiro atoms. The van der Waals surface area contributed by atoms with Crippen LogP contribution in [0.3, 0.4) is 0 Å². The summed E-state index contributed by atoms with van der Waals surface area (Å²) in [4.78, 5) is 35.9. The zero-order valence-electron chi connectivity index (χ0n) is 16.5. The summed E-state index contributed by atoms with van der Waals surface area (Å²) in [6.07, 6.45) is 3.40. The molecular formula is C20H26N4O2S. The molecule has 0 aromatic carbocycles. The summed E-state index contributed by atoms with van der Waals surface area (Å²) >= 11 is 1.45. The topological polar surface area (TPSA) is 75.2 Å². The normalized spacial score (nSPS) is 17.2. The van der Waals surface area contributed by atoms with Crippen LogP contribution in [-0.2, 0) is 10.2 Å². The molecule has 0 saturated carbocycles.